The average molecular weight is 623 g/mol. The number of nitrogens with one attached hydrogen (secondary N) is 1. The van der Waals surface area contributed by atoms with Crippen molar-refractivity contribution in [1.29, 1.82) is 0 Å². The zero-order chi connectivity index (χ0) is 31.2. The Labute approximate surface area is 264 Å². The standard InChI is InChI=1S/C35H57ClNO6/c1-7-9-10-24(37-36)30(40)42-28-17-22(33(13-8-2)19-34(33)15-11-25(38)23-18-35(23,28)34)21-16-26(39)29(20(21)3)32(6)14-12-27(43-32)31(4,5)41/h20-29,37-39,41H,1,7-19H2,2-6H3/q+1. The lowest BCUT2D eigenvalue weighted by atomic mass is 9.54. The Morgan fingerprint density at radius 3 is 2.56 bits per heavy atom. The highest BCUT2D eigenvalue weighted by Crippen LogP contribution is 2.92. The summed E-state index contributed by atoms with van der Waals surface area (Å²) in [6.07, 6.45) is 10.2. The quantitative estimate of drug-likeness (QED) is 0.133. The summed E-state index contributed by atoms with van der Waals surface area (Å²) in [5.41, 5.74) is -1.29. The van der Waals surface area contributed by atoms with Crippen LogP contribution in [-0.2, 0) is 14.3 Å². The molecule has 1 heterocycles. The van der Waals surface area contributed by atoms with Crippen LogP contribution in [-0.4, -0.2) is 62.9 Å². The molecule has 14 atom stereocenters. The number of carbonyl (C=O) groups is 1. The summed E-state index contributed by atoms with van der Waals surface area (Å²) in [4.78, 5) is 16.3. The van der Waals surface area contributed by atoms with Crippen molar-refractivity contribution >= 4 is 17.7 Å². The summed E-state index contributed by atoms with van der Waals surface area (Å²) >= 11 is 6.05. The molecule has 43 heavy (non-hydrogen) atoms. The molecular weight excluding hydrogens is 566 g/mol. The van der Waals surface area contributed by atoms with E-state index in [1.165, 1.54) is 0 Å². The fourth-order valence-corrected chi connectivity index (χ4v) is 12.5. The first-order valence-electron chi connectivity index (χ1n) is 17.4. The van der Waals surface area contributed by atoms with Gasteiger partial charge in [0, 0.05) is 11.3 Å². The number of hydrogen-bond donors (Lipinski definition) is 4. The van der Waals surface area contributed by atoms with Crippen LogP contribution in [0.4, 0.5) is 0 Å². The SMILES string of the molecule is [CH2+]CCCC(NCl)C(=O)OC1CC(C2CC(O)C(C3(C)CCC(C(C)(C)O)O3)C2C)C2(CCC)CC23CCC(O)C2CC123. The summed E-state index contributed by atoms with van der Waals surface area (Å²) in [5.74, 6) is 0.769. The van der Waals surface area contributed by atoms with Gasteiger partial charge in [0.1, 0.15) is 12.1 Å². The second-order valence-electron chi connectivity index (χ2n) is 16.5. The second-order valence-corrected chi connectivity index (χ2v) is 16.7. The monoisotopic (exact) mass is 622 g/mol. The van der Waals surface area contributed by atoms with Crippen molar-refractivity contribution in [2.45, 2.75) is 160 Å². The highest BCUT2D eigenvalue weighted by Gasteiger charge is 2.89. The lowest BCUT2D eigenvalue weighted by Crippen LogP contribution is -2.53. The van der Waals surface area contributed by atoms with Crippen molar-refractivity contribution in [1.82, 2.24) is 4.84 Å². The molecule has 1 aliphatic heterocycles. The molecule has 0 bridgehead atoms. The van der Waals surface area contributed by atoms with Gasteiger partial charge in [0.25, 0.3) is 0 Å². The predicted molar refractivity (Wildman–Crippen MR) is 166 cm³/mol. The molecule has 2 spiro atoms. The van der Waals surface area contributed by atoms with E-state index in [0.717, 1.165) is 77.0 Å². The van der Waals surface area contributed by atoms with E-state index in [1.807, 2.05) is 13.8 Å². The summed E-state index contributed by atoms with van der Waals surface area (Å²) in [5, 5.41) is 33.5. The van der Waals surface area contributed by atoms with Crippen LogP contribution in [0.2, 0.25) is 0 Å². The zero-order valence-corrected chi connectivity index (χ0v) is 27.9. The average Bonchev–Trinajstić information content (AvgIpc) is 3.77. The normalized spacial score (nSPS) is 50.9. The minimum Gasteiger partial charge on any atom is -0.461 e. The first-order chi connectivity index (χ1) is 20.2. The van der Waals surface area contributed by atoms with Crippen LogP contribution >= 0.6 is 11.8 Å². The fourth-order valence-electron chi connectivity index (χ4n) is 12.3. The van der Waals surface area contributed by atoms with Gasteiger partial charge in [-0.15, -0.1) is 0 Å². The Balaban J connectivity index is 1.31. The Morgan fingerprint density at radius 2 is 1.93 bits per heavy atom. The highest BCUT2D eigenvalue weighted by atomic mass is 35.5. The first-order valence-corrected chi connectivity index (χ1v) is 17.7. The van der Waals surface area contributed by atoms with Gasteiger partial charge in [-0.2, -0.15) is 0 Å². The number of ether oxygens (including phenoxy) is 2. The molecule has 0 aromatic carbocycles. The maximum absolute atomic E-state index is 13.6. The third-order valence-electron chi connectivity index (χ3n) is 14.1. The topological polar surface area (TPSA) is 108 Å². The van der Waals surface area contributed by atoms with E-state index in [-0.39, 0.29) is 58.3 Å². The molecule has 6 rings (SSSR count). The molecule has 6 aliphatic rings. The number of halogens is 1. The number of rotatable bonds is 11. The van der Waals surface area contributed by atoms with Gasteiger partial charge >= 0.3 is 5.97 Å². The van der Waals surface area contributed by atoms with E-state index < -0.39 is 23.3 Å². The van der Waals surface area contributed by atoms with Crippen molar-refractivity contribution in [3.63, 3.8) is 0 Å². The van der Waals surface area contributed by atoms with Gasteiger partial charge in [0.05, 0.1) is 42.9 Å². The first kappa shape index (κ1) is 32.4. The summed E-state index contributed by atoms with van der Waals surface area (Å²) in [6.45, 7) is 14.3. The van der Waals surface area contributed by atoms with Crippen LogP contribution in [0.3, 0.4) is 0 Å². The Kier molecular flexibility index (Phi) is 8.29. The van der Waals surface area contributed by atoms with E-state index in [9.17, 15) is 20.1 Å². The largest absolute Gasteiger partial charge is 0.461 e. The molecule has 0 aromatic rings. The minimum atomic E-state index is -0.917. The molecule has 5 saturated carbocycles. The maximum atomic E-state index is 13.6. The van der Waals surface area contributed by atoms with Crippen molar-refractivity contribution in [3.05, 3.63) is 6.92 Å². The molecule has 0 amide bonds. The third-order valence-corrected chi connectivity index (χ3v) is 14.4. The van der Waals surface area contributed by atoms with E-state index >= 15 is 0 Å². The molecule has 14 unspecified atom stereocenters. The highest BCUT2D eigenvalue weighted by molar-refractivity contribution is 6.14. The van der Waals surface area contributed by atoms with Crippen molar-refractivity contribution in [2.24, 2.45) is 45.8 Å². The summed E-state index contributed by atoms with van der Waals surface area (Å²) in [6, 6.07) is -0.568. The van der Waals surface area contributed by atoms with Gasteiger partial charge in [0.15, 0.2) is 0 Å². The smallest absolute Gasteiger partial charge is 0.324 e. The van der Waals surface area contributed by atoms with Crippen LogP contribution in [0, 0.1) is 52.8 Å². The molecule has 5 aliphatic carbocycles. The molecule has 1 saturated heterocycles. The number of aliphatic hydroxyl groups is 3. The van der Waals surface area contributed by atoms with Crippen LogP contribution < -0.4 is 4.84 Å². The van der Waals surface area contributed by atoms with Crippen LogP contribution in [0.25, 0.3) is 0 Å². The molecule has 8 heteroatoms. The number of unbranched alkanes of at least 4 members (excludes halogenated alkanes) is 1. The maximum Gasteiger partial charge on any atom is 0.324 e. The van der Waals surface area contributed by atoms with Crippen molar-refractivity contribution in [3.8, 4) is 0 Å². The predicted octanol–water partition coefficient (Wildman–Crippen LogP) is 5.71. The molecule has 0 radical (unpaired) electrons. The van der Waals surface area contributed by atoms with E-state index in [0.29, 0.717) is 18.3 Å². The summed E-state index contributed by atoms with van der Waals surface area (Å²) < 4.78 is 13.2. The zero-order valence-electron chi connectivity index (χ0n) is 27.1. The molecule has 0 aromatic heterocycles. The lowest BCUT2D eigenvalue weighted by Gasteiger charge is -2.53. The molecular formula is C35H57ClNO6+. The Morgan fingerprint density at radius 1 is 1.19 bits per heavy atom. The van der Waals surface area contributed by atoms with Crippen LogP contribution in [0.15, 0.2) is 0 Å². The van der Waals surface area contributed by atoms with Gasteiger partial charge in [-0.25, -0.2) is 4.84 Å². The van der Waals surface area contributed by atoms with Gasteiger partial charge in [-0.3, -0.25) is 4.79 Å². The molecule has 4 N–H and O–H groups in total. The van der Waals surface area contributed by atoms with Crippen molar-refractivity contribution in [2.75, 3.05) is 0 Å². The Hall–Kier alpha value is -0.570. The number of aliphatic hydroxyl groups excluding tert-OH is 2. The fraction of sp³-hybridized carbons (Fsp3) is 0.943. The van der Waals surface area contributed by atoms with E-state index in [2.05, 4.69) is 32.5 Å². The number of carbonyl (C=O) groups excluding carboxylic acids is 1. The summed E-state index contributed by atoms with van der Waals surface area (Å²) in [7, 11) is 0. The number of esters is 1. The van der Waals surface area contributed by atoms with Crippen molar-refractivity contribution < 1.29 is 29.6 Å². The van der Waals surface area contributed by atoms with Crippen LogP contribution in [0.5, 0.6) is 0 Å². The van der Waals surface area contributed by atoms with Crippen LogP contribution in [0.1, 0.15) is 118 Å². The minimum absolute atomic E-state index is 0.00977. The Bertz CT molecular complexity index is 1070. The van der Waals surface area contributed by atoms with E-state index in [4.69, 9.17) is 21.3 Å². The second kappa shape index (κ2) is 11.0. The molecule has 244 valence electrons. The van der Waals surface area contributed by atoms with Gasteiger partial charge in [0.2, 0.25) is 0 Å². The van der Waals surface area contributed by atoms with Gasteiger partial charge in [-0.05, 0) is 138 Å². The van der Waals surface area contributed by atoms with Gasteiger partial charge in [-0.1, -0.05) is 20.3 Å². The van der Waals surface area contributed by atoms with Gasteiger partial charge < -0.3 is 24.8 Å². The van der Waals surface area contributed by atoms with E-state index in [1.54, 1.807) is 0 Å². The lowest BCUT2D eigenvalue weighted by molar-refractivity contribution is -0.174. The third kappa shape index (κ3) is 4.67. The molecule has 6 fully saturated rings. The molecule has 7 nitrogen and oxygen atoms in total. The number of hydrogen-bond acceptors (Lipinski definition) is 7.